The lowest BCUT2D eigenvalue weighted by molar-refractivity contribution is -0.133. The number of rotatable bonds is 3. The highest BCUT2D eigenvalue weighted by Crippen LogP contribution is 2.19. The predicted octanol–water partition coefficient (Wildman–Crippen LogP) is 2.56. The second-order valence-corrected chi connectivity index (χ2v) is 4.54. The van der Waals surface area contributed by atoms with Crippen molar-refractivity contribution in [1.82, 2.24) is 0 Å². The molecule has 3 nitrogen and oxygen atoms in total. The highest BCUT2D eigenvalue weighted by Gasteiger charge is 2.17. The van der Waals surface area contributed by atoms with Crippen molar-refractivity contribution in [3.8, 4) is 0 Å². The maximum Gasteiger partial charge on any atom is 0.346 e. The van der Waals surface area contributed by atoms with Crippen LogP contribution in [0.25, 0.3) is 5.57 Å². The van der Waals surface area contributed by atoms with Crippen molar-refractivity contribution in [1.29, 1.82) is 0 Å². The van der Waals surface area contributed by atoms with Gasteiger partial charge in [-0.1, -0.05) is 30.3 Å². The van der Waals surface area contributed by atoms with Crippen molar-refractivity contribution in [3.05, 3.63) is 47.2 Å². The van der Waals surface area contributed by atoms with E-state index in [1.165, 1.54) is 7.11 Å². The van der Waals surface area contributed by atoms with Gasteiger partial charge in [0.2, 0.25) is 0 Å². The smallest absolute Gasteiger partial charge is 0.346 e. The van der Waals surface area contributed by atoms with Gasteiger partial charge in [0.1, 0.15) is 5.57 Å². The molecule has 0 bridgehead atoms. The summed E-state index contributed by atoms with van der Waals surface area (Å²) in [5.74, 6) is -0.468. The Kier molecular flexibility index (Phi) is 4.49. The zero-order chi connectivity index (χ0) is 13.8. The monoisotopic (exact) mass is 246 g/mol. The molecule has 0 atom stereocenters. The molecule has 0 aliphatic heterocycles. The summed E-state index contributed by atoms with van der Waals surface area (Å²) in [5, 5.41) is 9.87. The first-order valence-electron chi connectivity index (χ1n) is 5.70. The van der Waals surface area contributed by atoms with Crippen molar-refractivity contribution in [3.63, 3.8) is 0 Å². The number of carbonyl (C=O) groups excluding carboxylic acids is 1. The number of methoxy groups -OCH3 is 1. The van der Waals surface area contributed by atoms with Crippen LogP contribution >= 0.6 is 0 Å². The second kappa shape index (κ2) is 5.67. The second-order valence-electron chi connectivity index (χ2n) is 4.54. The van der Waals surface area contributed by atoms with Crippen LogP contribution in [0.5, 0.6) is 0 Å². The first-order chi connectivity index (χ1) is 8.36. The fraction of sp³-hybridized carbons (Fsp3) is 0.333. The maximum atomic E-state index is 11.8. The summed E-state index contributed by atoms with van der Waals surface area (Å²) in [7, 11) is 1.33. The van der Waals surface area contributed by atoms with E-state index >= 15 is 0 Å². The molecule has 18 heavy (non-hydrogen) atoms. The van der Waals surface area contributed by atoms with Gasteiger partial charge in [-0.2, -0.15) is 0 Å². The van der Waals surface area contributed by atoms with Crippen LogP contribution in [0.3, 0.4) is 0 Å². The molecule has 0 aromatic heterocycles. The van der Waals surface area contributed by atoms with E-state index in [1.54, 1.807) is 32.9 Å². The van der Waals surface area contributed by atoms with Crippen LogP contribution in [-0.2, 0) is 9.53 Å². The topological polar surface area (TPSA) is 46.5 Å². The van der Waals surface area contributed by atoms with Gasteiger partial charge >= 0.3 is 5.97 Å². The molecule has 0 aliphatic rings. The van der Waals surface area contributed by atoms with Gasteiger partial charge in [0.15, 0.2) is 0 Å². The molecular formula is C15H18O3. The number of esters is 1. The molecule has 0 radical (unpaired) electrons. The van der Waals surface area contributed by atoms with E-state index in [-0.39, 0.29) is 0 Å². The molecule has 1 aromatic carbocycles. The van der Waals surface area contributed by atoms with E-state index in [1.807, 2.05) is 18.2 Å². The molecule has 1 rings (SSSR count). The zero-order valence-electron chi connectivity index (χ0n) is 11.2. The van der Waals surface area contributed by atoms with Crippen LogP contribution in [0.4, 0.5) is 0 Å². The number of hydrogen-bond donors (Lipinski definition) is 1. The zero-order valence-corrected chi connectivity index (χ0v) is 11.2. The van der Waals surface area contributed by atoms with E-state index < -0.39 is 11.6 Å². The lowest BCUT2D eigenvalue weighted by Crippen LogP contribution is -2.19. The van der Waals surface area contributed by atoms with Crippen LogP contribution in [0.15, 0.2) is 41.6 Å². The van der Waals surface area contributed by atoms with Gasteiger partial charge in [-0.05, 0) is 26.3 Å². The van der Waals surface area contributed by atoms with Crippen LogP contribution in [0.2, 0.25) is 0 Å². The quantitative estimate of drug-likeness (QED) is 0.506. The average Bonchev–Trinajstić information content (AvgIpc) is 2.34. The van der Waals surface area contributed by atoms with Crippen molar-refractivity contribution in [2.75, 3.05) is 7.11 Å². The van der Waals surface area contributed by atoms with Crippen molar-refractivity contribution < 1.29 is 14.6 Å². The first-order valence-corrected chi connectivity index (χ1v) is 5.70. The fourth-order valence-electron chi connectivity index (χ4n) is 1.29. The summed E-state index contributed by atoms with van der Waals surface area (Å²) in [6.07, 6.45) is 0. The summed E-state index contributed by atoms with van der Waals surface area (Å²) in [6.45, 7) is 5.02. The maximum absolute atomic E-state index is 11.8. The third-order valence-corrected chi connectivity index (χ3v) is 2.68. The first kappa shape index (κ1) is 14.2. The summed E-state index contributed by atoms with van der Waals surface area (Å²) in [5.41, 5.74) is 3.52. The molecule has 0 fully saturated rings. The Morgan fingerprint density at radius 1 is 1.28 bits per heavy atom. The molecule has 0 amide bonds. The molecule has 3 heteroatoms. The van der Waals surface area contributed by atoms with Crippen LogP contribution in [0.1, 0.15) is 26.3 Å². The normalized spacial score (nSPS) is 10.5. The number of aliphatic hydroxyl groups is 1. The lowest BCUT2D eigenvalue weighted by atomic mass is 9.98. The van der Waals surface area contributed by atoms with Crippen molar-refractivity contribution in [2.45, 2.75) is 26.4 Å². The SMILES string of the molecule is COC(=O)C(=C=C(C)C(C)(C)O)c1ccccc1. The van der Waals surface area contributed by atoms with E-state index in [0.717, 1.165) is 0 Å². The Labute approximate surface area is 107 Å². The summed E-state index contributed by atoms with van der Waals surface area (Å²) in [4.78, 5) is 11.8. The number of hydrogen-bond acceptors (Lipinski definition) is 3. The Morgan fingerprint density at radius 2 is 1.83 bits per heavy atom. The standard InChI is InChI=1S/C15H18O3/c1-11(15(2,3)17)10-13(14(16)18-4)12-8-6-5-7-9-12/h5-9,17H,1-4H3. The van der Waals surface area contributed by atoms with E-state index in [9.17, 15) is 9.90 Å². The molecule has 0 saturated heterocycles. The van der Waals surface area contributed by atoms with Gasteiger partial charge in [-0.3, -0.25) is 0 Å². The Hall–Kier alpha value is -1.83. The summed E-state index contributed by atoms with van der Waals surface area (Å²) >= 11 is 0. The molecule has 96 valence electrons. The molecular weight excluding hydrogens is 228 g/mol. The minimum absolute atomic E-state index is 0.317. The number of ether oxygens (including phenoxy) is 1. The van der Waals surface area contributed by atoms with Gasteiger partial charge in [-0.15, -0.1) is 5.73 Å². The Bertz CT molecular complexity index is 486. The van der Waals surface area contributed by atoms with Crippen LogP contribution in [-0.4, -0.2) is 23.8 Å². The fourth-order valence-corrected chi connectivity index (χ4v) is 1.29. The Morgan fingerprint density at radius 3 is 2.28 bits per heavy atom. The number of benzene rings is 1. The predicted molar refractivity (Wildman–Crippen MR) is 70.9 cm³/mol. The molecule has 0 saturated carbocycles. The molecule has 0 aliphatic carbocycles. The molecule has 0 spiro atoms. The molecule has 0 heterocycles. The van der Waals surface area contributed by atoms with Gasteiger partial charge in [0.05, 0.1) is 12.7 Å². The average molecular weight is 246 g/mol. The molecule has 1 N–H and O–H groups in total. The van der Waals surface area contributed by atoms with Gasteiger partial charge < -0.3 is 9.84 Å². The lowest BCUT2D eigenvalue weighted by Gasteiger charge is -2.16. The minimum atomic E-state index is -1.02. The Balaban J connectivity index is 3.42. The van der Waals surface area contributed by atoms with Crippen LogP contribution < -0.4 is 0 Å². The third kappa shape index (κ3) is 3.59. The highest BCUT2D eigenvalue weighted by molar-refractivity contribution is 6.16. The summed E-state index contributed by atoms with van der Waals surface area (Å²) in [6, 6.07) is 9.14. The highest BCUT2D eigenvalue weighted by atomic mass is 16.5. The molecule has 0 unspecified atom stereocenters. The van der Waals surface area contributed by atoms with Crippen LogP contribution in [0, 0.1) is 0 Å². The van der Waals surface area contributed by atoms with Crippen molar-refractivity contribution >= 4 is 11.5 Å². The largest absolute Gasteiger partial charge is 0.465 e. The van der Waals surface area contributed by atoms with Gasteiger partial charge in [-0.25, -0.2) is 4.79 Å². The summed E-state index contributed by atoms with van der Waals surface area (Å²) < 4.78 is 4.75. The molecule has 1 aromatic rings. The van der Waals surface area contributed by atoms with Crippen molar-refractivity contribution in [2.24, 2.45) is 0 Å². The van der Waals surface area contributed by atoms with E-state index in [2.05, 4.69) is 5.73 Å². The van der Waals surface area contributed by atoms with E-state index in [4.69, 9.17) is 4.74 Å². The van der Waals surface area contributed by atoms with Gasteiger partial charge in [0, 0.05) is 5.57 Å². The minimum Gasteiger partial charge on any atom is -0.465 e. The van der Waals surface area contributed by atoms with Gasteiger partial charge in [0.25, 0.3) is 0 Å². The van der Waals surface area contributed by atoms with E-state index in [0.29, 0.717) is 16.7 Å². The third-order valence-electron chi connectivity index (χ3n) is 2.68. The number of carbonyl (C=O) groups is 1.